The molecule has 152 valence electrons. The van der Waals surface area contributed by atoms with Gasteiger partial charge in [-0.25, -0.2) is 13.2 Å². The van der Waals surface area contributed by atoms with Crippen molar-refractivity contribution in [1.82, 2.24) is 4.98 Å². The van der Waals surface area contributed by atoms with Gasteiger partial charge in [0.1, 0.15) is 5.58 Å². The summed E-state index contributed by atoms with van der Waals surface area (Å²) in [6.07, 6.45) is 2.80. The minimum atomic E-state index is -4.26. The zero-order valence-electron chi connectivity index (χ0n) is 16.0. The molecule has 0 aliphatic carbocycles. The number of carbonyl (C=O) groups is 1. The number of pyridine rings is 1. The second-order valence-electron chi connectivity index (χ2n) is 6.67. The molecule has 0 saturated carbocycles. The van der Waals surface area contributed by atoms with Gasteiger partial charge in [0.05, 0.1) is 20.8 Å². The van der Waals surface area contributed by atoms with Crippen LogP contribution < -0.4 is 9.24 Å². The molecular weight excluding hydrogens is 424 g/mol. The lowest BCUT2D eigenvalue weighted by Gasteiger charge is -2.23. The predicted molar refractivity (Wildman–Crippen MR) is 115 cm³/mol. The molecule has 2 aromatic carbocycles. The Kier molecular flexibility index (Phi) is 5.00. The SMILES string of the molecule is Cc1ccc(S(=O)(=O)N(C(=O)c2cccnc2)c2ccc3oc(=O)sc3c2)c(C)c1. The maximum atomic E-state index is 13.6. The maximum Gasteiger partial charge on any atom is 0.396 e. The quantitative estimate of drug-likeness (QED) is 0.477. The minimum Gasteiger partial charge on any atom is -0.414 e. The Hall–Kier alpha value is -3.30. The summed E-state index contributed by atoms with van der Waals surface area (Å²) in [5.41, 5.74) is 1.97. The van der Waals surface area contributed by atoms with E-state index in [0.717, 1.165) is 21.2 Å². The van der Waals surface area contributed by atoms with Crippen molar-refractivity contribution in [2.75, 3.05) is 4.31 Å². The fourth-order valence-corrected chi connectivity index (χ4v) is 5.46. The number of carbonyl (C=O) groups excluding carboxylic acids is 1. The third-order valence-corrected chi connectivity index (χ3v) is 7.15. The molecule has 7 nitrogen and oxygen atoms in total. The largest absolute Gasteiger partial charge is 0.414 e. The van der Waals surface area contributed by atoms with Crippen LogP contribution in [0, 0.1) is 13.8 Å². The molecule has 0 aliphatic rings. The van der Waals surface area contributed by atoms with Gasteiger partial charge in [-0.15, -0.1) is 0 Å². The van der Waals surface area contributed by atoms with Crippen LogP contribution in [0.2, 0.25) is 0 Å². The molecule has 0 N–H and O–H groups in total. The Morgan fingerprint density at radius 3 is 2.60 bits per heavy atom. The summed E-state index contributed by atoms with van der Waals surface area (Å²) in [5, 5.41) is 0. The van der Waals surface area contributed by atoms with Crippen LogP contribution in [-0.4, -0.2) is 19.3 Å². The van der Waals surface area contributed by atoms with Gasteiger partial charge in [-0.1, -0.05) is 29.0 Å². The van der Waals surface area contributed by atoms with Crippen LogP contribution in [0.25, 0.3) is 10.3 Å². The molecule has 30 heavy (non-hydrogen) atoms. The number of aromatic nitrogens is 1. The summed E-state index contributed by atoms with van der Waals surface area (Å²) in [7, 11) is -4.26. The van der Waals surface area contributed by atoms with Crippen LogP contribution >= 0.6 is 11.3 Å². The first-order valence-corrected chi connectivity index (χ1v) is 11.1. The van der Waals surface area contributed by atoms with Crippen molar-refractivity contribution < 1.29 is 17.6 Å². The smallest absolute Gasteiger partial charge is 0.396 e. The molecule has 0 fully saturated rings. The van der Waals surface area contributed by atoms with Gasteiger partial charge in [0.15, 0.2) is 0 Å². The van der Waals surface area contributed by atoms with Crippen molar-refractivity contribution in [3.63, 3.8) is 0 Å². The van der Waals surface area contributed by atoms with Crippen LogP contribution in [0.3, 0.4) is 0 Å². The molecule has 0 radical (unpaired) electrons. The Morgan fingerprint density at radius 2 is 1.90 bits per heavy atom. The molecule has 0 bridgehead atoms. The number of hydrogen-bond acceptors (Lipinski definition) is 7. The molecule has 0 saturated heterocycles. The van der Waals surface area contributed by atoms with Crippen LogP contribution in [0.1, 0.15) is 21.5 Å². The first kappa shape index (κ1) is 20.0. The maximum absolute atomic E-state index is 13.6. The monoisotopic (exact) mass is 440 g/mol. The number of rotatable bonds is 4. The van der Waals surface area contributed by atoms with Gasteiger partial charge in [0, 0.05) is 12.4 Å². The van der Waals surface area contributed by atoms with Gasteiger partial charge in [-0.2, -0.15) is 4.31 Å². The zero-order valence-corrected chi connectivity index (χ0v) is 17.7. The van der Waals surface area contributed by atoms with E-state index in [4.69, 9.17) is 4.42 Å². The van der Waals surface area contributed by atoms with E-state index in [-0.39, 0.29) is 16.1 Å². The van der Waals surface area contributed by atoms with Crippen LogP contribution in [0.15, 0.2) is 75.0 Å². The van der Waals surface area contributed by atoms with E-state index in [0.29, 0.717) is 15.8 Å². The number of amides is 1. The van der Waals surface area contributed by atoms with Gasteiger partial charge >= 0.3 is 4.94 Å². The first-order valence-electron chi connectivity index (χ1n) is 8.88. The Labute approximate surface area is 176 Å². The lowest BCUT2D eigenvalue weighted by atomic mass is 10.2. The van der Waals surface area contributed by atoms with Crippen LogP contribution in [0.4, 0.5) is 5.69 Å². The number of sulfonamides is 1. The highest BCUT2D eigenvalue weighted by Gasteiger charge is 2.33. The van der Waals surface area contributed by atoms with Crippen molar-refractivity contribution in [3.05, 3.63) is 87.3 Å². The third kappa shape index (κ3) is 3.53. The first-order chi connectivity index (χ1) is 14.3. The molecule has 0 unspecified atom stereocenters. The summed E-state index contributed by atoms with van der Waals surface area (Å²) in [6, 6.07) is 12.3. The topological polar surface area (TPSA) is 97.6 Å². The molecule has 4 aromatic rings. The Morgan fingerprint density at radius 1 is 1.10 bits per heavy atom. The number of benzene rings is 2. The van der Waals surface area contributed by atoms with Crippen LogP contribution in [-0.2, 0) is 10.0 Å². The second kappa shape index (κ2) is 7.51. The summed E-state index contributed by atoms with van der Waals surface area (Å²) in [6.45, 7) is 3.54. The number of aryl methyl sites for hydroxylation is 2. The summed E-state index contributed by atoms with van der Waals surface area (Å²) < 4.78 is 33.5. The minimum absolute atomic E-state index is 0.0193. The highest BCUT2D eigenvalue weighted by molar-refractivity contribution is 7.93. The lowest BCUT2D eigenvalue weighted by Crippen LogP contribution is -2.37. The van der Waals surface area contributed by atoms with Gasteiger partial charge in [-0.3, -0.25) is 9.78 Å². The number of fused-ring (bicyclic) bond motifs is 1. The Bertz CT molecular complexity index is 1420. The lowest BCUT2D eigenvalue weighted by molar-refractivity contribution is 0.100. The molecule has 4 rings (SSSR count). The number of anilines is 1. The van der Waals surface area contributed by atoms with E-state index in [2.05, 4.69) is 4.98 Å². The fourth-order valence-electron chi connectivity index (χ4n) is 3.15. The third-order valence-electron chi connectivity index (χ3n) is 4.49. The molecule has 0 aliphatic heterocycles. The van der Waals surface area contributed by atoms with E-state index >= 15 is 0 Å². The predicted octanol–water partition coefficient (Wildman–Crippen LogP) is 3.90. The summed E-state index contributed by atoms with van der Waals surface area (Å²) >= 11 is 0.835. The Balaban J connectivity index is 1.94. The summed E-state index contributed by atoms with van der Waals surface area (Å²) in [4.78, 5) is 28.3. The zero-order chi connectivity index (χ0) is 21.5. The van der Waals surface area contributed by atoms with Gasteiger partial charge in [0.2, 0.25) is 0 Å². The van der Waals surface area contributed by atoms with E-state index in [1.807, 2.05) is 6.92 Å². The molecule has 0 atom stereocenters. The second-order valence-corrected chi connectivity index (χ2v) is 9.40. The standard InChI is InChI=1S/C21H16N2O5S2/c1-13-5-8-19(14(2)10-13)30(26,27)23(20(24)15-4-3-9-22-12-15)16-6-7-17-18(11-16)29-21(25)28-17/h3-12H,1-2H3. The normalized spacial score (nSPS) is 11.5. The molecule has 9 heteroatoms. The van der Waals surface area contributed by atoms with Crippen LogP contribution in [0.5, 0.6) is 0 Å². The average molecular weight is 441 g/mol. The molecule has 0 spiro atoms. The van der Waals surface area contributed by atoms with Crippen molar-refractivity contribution in [2.45, 2.75) is 18.7 Å². The van der Waals surface area contributed by atoms with E-state index in [1.54, 1.807) is 25.1 Å². The fraction of sp³-hybridized carbons (Fsp3) is 0.0952. The van der Waals surface area contributed by atoms with Gasteiger partial charge in [-0.05, 0) is 55.8 Å². The molecule has 1 amide bonds. The van der Waals surface area contributed by atoms with E-state index < -0.39 is 20.9 Å². The van der Waals surface area contributed by atoms with Gasteiger partial charge < -0.3 is 4.42 Å². The number of nitrogens with zero attached hydrogens (tertiary/aromatic N) is 2. The molecular formula is C21H16N2O5S2. The summed E-state index contributed by atoms with van der Waals surface area (Å²) in [5.74, 6) is -0.752. The average Bonchev–Trinajstić information content (AvgIpc) is 3.07. The molecule has 2 aromatic heterocycles. The van der Waals surface area contributed by atoms with Crippen molar-refractivity contribution in [2.24, 2.45) is 0 Å². The van der Waals surface area contributed by atoms with E-state index in [1.165, 1.54) is 42.7 Å². The van der Waals surface area contributed by atoms with Crippen molar-refractivity contribution >= 4 is 43.2 Å². The van der Waals surface area contributed by atoms with Crippen molar-refractivity contribution in [3.8, 4) is 0 Å². The van der Waals surface area contributed by atoms with Crippen molar-refractivity contribution in [1.29, 1.82) is 0 Å². The highest BCUT2D eigenvalue weighted by atomic mass is 32.2. The highest BCUT2D eigenvalue weighted by Crippen LogP contribution is 2.31. The molecule has 2 heterocycles. The van der Waals surface area contributed by atoms with Gasteiger partial charge in [0.25, 0.3) is 15.9 Å². The van der Waals surface area contributed by atoms with E-state index in [9.17, 15) is 18.0 Å². The number of hydrogen-bond donors (Lipinski definition) is 0.